The first-order valence-electron chi connectivity index (χ1n) is 6.90. The standard InChI is InChI=1S/C15H19ClN2O3/c1-21-13-4-2-10(8-12(13)16)3-5-14(19)18-7-6-11(9-18)15(17)20/h2,4,8,11H,3,5-7,9H2,1H3,(H2,17,20)/t11-/m0/s1. The first-order chi connectivity index (χ1) is 10.0. The summed E-state index contributed by atoms with van der Waals surface area (Å²) in [6.45, 7) is 1.05. The van der Waals surface area contributed by atoms with Gasteiger partial charge in [0.1, 0.15) is 5.75 Å². The molecular formula is C15H19ClN2O3. The van der Waals surface area contributed by atoms with Crippen molar-refractivity contribution >= 4 is 23.4 Å². The lowest BCUT2D eigenvalue weighted by Gasteiger charge is -2.16. The Morgan fingerprint density at radius 1 is 1.48 bits per heavy atom. The van der Waals surface area contributed by atoms with Crippen LogP contribution in [0.3, 0.4) is 0 Å². The van der Waals surface area contributed by atoms with Gasteiger partial charge in [-0.2, -0.15) is 0 Å². The number of nitrogens with two attached hydrogens (primary N) is 1. The van der Waals surface area contributed by atoms with Crippen LogP contribution < -0.4 is 10.5 Å². The van der Waals surface area contributed by atoms with Crippen LogP contribution in [-0.2, 0) is 16.0 Å². The van der Waals surface area contributed by atoms with Gasteiger partial charge < -0.3 is 15.4 Å². The number of primary amides is 1. The molecule has 21 heavy (non-hydrogen) atoms. The summed E-state index contributed by atoms with van der Waals surface area (Å²) < 4.78 is 5.09. The Hall–Kier alpha value is -1.75. The van der Waals surface area contributed by atoms with Gasteiger partial charge in [-0.3, -0.25) is 9.59 Å². The van der Waals surface area contributed by atoms with Gasteiger partial charge in [0.2, 0.25) is 11.8 Å². The number of methoxy groups -OCH3 is 1. The van der Waals surface area contributed by atoms with E-state index >= 15 is 0 Å². The van der Waals surface area contributed by atoms with Gasteiger partial charge in [-0.1, -0.05) is 17.7 Å². The predicted molar refractivity (Wildman–Crippen MR) is 80.2 cm³/mol. The van der Waals surface area contributed by atoms with Gasteiger partial charge in [-0.05, 0) is 30.5 Å². The lowest BCUT2D eigenvalue weighted by Crippen LogP contribution is -2.31. The van der Waals surface area contributed by atoms with E-state index in [2.05, 4.69) is 0 Å². The Morgan fingerprint density at radius 3 is 2.81 bits per heavy atom. The minimum absolute atomic E-state index is 0.0469. The number of halogens is 1. The van der Waals surface area contributed by atoms with Crippen molar-refractivity contribution in [1.29, 1.82) is 0 Å². The minimum atomic E-state index is -0.327. The Balaban J connectivity index is 1.87. The molecule has 1 saturated heterocycles. The van der Waals surface area contributed by atoms with E-state index in [-0.39, 0.29) is 17.7 Å². The fourth-order valence-corrected chi connectivity index (χ4v) is 2.77. The Labute approximate surface area is 129 Å². The average molecular weight is 311 g/mol. The zero-order chi connectivity index (χ0) is 15.4. The third-order valence-electron chi connectivity index (χ3n) is 3.79. The third-order valence-corrected chi connectivity index (χ3v) is 4.08. The molecule has 1 heterocycles. The zero-order valence-corrected chi connectivity index (χ0v) is 12.7. The molecule has 0 bridgehead atoms. The molecule has 0 unspecified atom stereocenters. The number of ether oxygens (including phenoxy) is 1. The highest BCUT2D eigenvalue weighted by Gasteiger charge is 2.29. The highest BCUT2D eigenvalue weighted by Crippen LogP contribution is 2.25. The van der Waals surface area contributed by atoms with Crippen molar-refractivity contribution in [1.82, 2.24) is 4.90 Å². The summed E-state index contributed by atoms with van der Waals surface area (Å²) in [6, 6.07) is 5.50. The van der Waals surface area contributed by atoms with E-state index in [4.69, 9.17) is 22.1 Å². The second kappa shape index (κ2) is 6.80. The van der Waals surface area contributed by atoms with Gasteiger partial charge in [0.15, 0.2) is 0 Å². The largest absolute Gasteiger partial charge is 0.495 e. The normalized spacial score (nSPS) is 17.8. The molecular weight excluding hydrogens is 292 g/mol. The molecule has 1 aromatic carbocycles. The number of hydrogen-bond donors (Lipinski definition) is 1. The maximum atomic E-state index is 12.1. The quantitative estimate of drug-likeness (QED) is 0.898. The lowest BCUT2D eigenvalue weighted by molar-refractivity contribution is -0.130. The molecule has 1 aliphatic heterocycles. The number of hydrogen-bond acceptors (Lipinski definition) is 3. The molecule has 114 valence electrons. The molecule has 2 amide bonds. The molecule has 1 fully saturated rings. The summed E-state index contributed by atoms with van der Waals surface area (Å²) in [6.07, 6.45) is 1.67. The first kappa shape index (κ1) is 15.6. The second-order valence-electron chi connectivity index (χ2n) is 5.20. The average Bonchev–Trinajstić information content (AvgIpc) is 2.95. The highest BCUT2D eigenvalue weighted by molar-refractivity contribution is 6.32. The summed E-state index contributed by atoms with van der Waals surface area (Å²) >= 11 is 6.05. The van der Waals surface area contributed by atoms with Crippen LogP contribution in [0.2, 0.25) is 5.02 Å². The zero-order valence-electron chi connectivity index (χ0n) is 12.0. The summed E-state index contributed by atoms with van der Waals surface area (Å²) in [5.74, 6) is 0.137. The van der Waals surface area contributed by atoms with Crippen LogP contribution in [0, 0.1) is 5.92 Å². The fraction of sp³-hybridized carbons (Fsp3) is 0.467. The van der Waals surface area contributed by atoms with Crippen LogP contribution in [0.1, 0.15) is 18.4 Å². The first-order valence-corrected chi connectivity index (χ1v) is 7.28. The number of aryl methyl sites for hydroxylation is 1. The number of rotatable bonds is 5. The summed E-state index contributed by atoms with van der Waals surface area (Å²) in [7, 11) is 1.56. The van der Waals surface area contributed by atoms with Crippen LogP contribution >= 0.6 is 11.6 Å². The molecule has 0 saturated carbocycles. The van der Waals surface area contributed by atoms with Crippen molar-refractivity contribution in [3.8, 4) is 5.75 Å². The molecule has 6 heteroatoms. The number of carbonyl (C=O) groups excluding carboxylic acids is 2. The fourth-order valence-electron chi connectivity index (χ4n) is 2.49. The molecule has 2 N–H and O–H groups in total. The van der Waals surface area contributed by atoms with E-state index in [1.807, 2.05) is 12.1 Å². The monoisotopic (exact) mass is 310 g/mol. The number of nitrogens with zero attached hydrogens (tertiary/aromatic N) is 1. The SMILES string of the molecule is COc1ccc(CCC(=O)N2CC[C@H](C(N)=O)C2)cc1Cl. The number of benzene rings is 1. The third kappa shape index (κ3) is 3.88. The van der Waals surface area contributed by atoms with Crippen LogP contribution in [0.15, 0.2) is 18.2 Å². The summed E-state index contributed by atoms with van der Waals surface area (Å²) in [5.41, 5.74) is 6.25. The maximum Gasteiger partial charge on any atom is 0.222 e. The van der Waals surface area contributed by atoms with E-state index < -0.39 is 0 Å². The van der Waals surface area contributed by atoms with Crippen molar-refractivity contribution < 1.29 is 14.3 Å². The molecule has 1 atom stereocenters. The number of likely N-dealkylation sites (tertiary alicyclic amines) is 1. The topological polar surface area (TPSA) is 72.6 Å². The minimum Gasteiger partial charge on any atom is -0.495 e. The maximum absolute atomic E-state index is 12.1. The van der Waals surface area contributed by atoms with Gasteiger partial charge in [0.25, 0.3) is 0 Å². The van der Waals surface area contributed by atoms with E-state index in [1.54, 1.807) is 18.1 Å². The van der Waals surface area contributed by atoms with Gasteiger partial charge in [0.05, 0.1) is 18.1 Å². The predicted octanol–water partition coefficient (Wildman–Crippen LogP) is 1.61. The molecule has 0 radical (unpaired) electrons. The highest BCUT2D eigenvalue weighted by atomic mass is 35.5. The van der Waals surface area contributed by atoms with Crippen molar-refractivity contribution in [2.75, 3.05) is 20.2 Å². The van der Waals surface area contributed by atoms with E-state index in [0.29, 0.717) is 43.1 Å². The van der Waals surface area contributed by atoms with Crippen molar-refractivity contribution in [2.24, 2.45) is 11.7 Å². The molecule has 5 nitrogen and oxygen atoms in total. The van der Waals surface area contributed by atoms with E-state index in [0.717, 1.165) is 5.56 Å². The van der Waals surface area contributed by atoms with Crippen molar-refractivity contribution in [3.05, 3.63) is 28.8 Å². The Kier molecular flexibility index (Phi) is 5.07. The van der Waals surface area contributed by atoms with Crippen LogP contribution in [0.25, 0.3) is 0 Å². The van der Waals surface area contributed by atoms with Gasteiger partial charge in [0, 0.05) is 19.5 Å². The van der Waals surface area contributed by atoms with Gasteiger partial charge in [-0.15, -0.1) is 0 Å². The van der Waals surface area contributed by atoms with Crippen LogP contribution in [-0.4, -0.2) is 36.9 Å². The van der Waals surface area contributed by atoms with E-state index in [1.165, 1.54) is 0 Å². The molecule has 0 aliphatic carbocycles. The summed E-state index contributed by atoms with van der Waals surface area (Å²) in [5, 5.41) is 0.539. The van der Waals surface area contributed by atoms with Crippen LogP contribution in [0.4, 0.5) is 0 Å². The number of carbonyl (C=O) groups is 2. The van der Waals surface area contributed by atoms with E-state index in [9.17, 15) is 9.59 Å². The van der Waals surface area contributed by atoms with Crippen molar-refractivity contribution in [3.63, 3.8) is 0 Å². The molecule has 1 aromatic rings. The Morgan fingerprint density at radius 2 is 2.24 bits per heavy atom. The summed E-state index contributed by atoms with van der Waals surface area (Å²) in [4.78, 5) is 24.9. The molecule has 2 rings (SSSR count). The van der Waals surface area contributed by atoms with Crippen LogP contribution in [0.5, 0.6) is 5.75 Å². The molecule has 0 spiro atoms. The Bertz CT molecular complexity index is 548. The molecule has 0 aromatic heterocycles. The second-order valence-corrected chi connectivity index (χ2v) is 5.60. The smallest absolute Gasteiger partial charge is 0.222 e. The lowest BCUT2D eigenvalue weighted by atomic mass is 10.1. The van der Waals surface area contributed by atoms with Gasteiger partial charge in [-0.25, -0.2) is 0 Å². The van der Waals surface area contributed by atoms with Crippen molar-refractivity contribution in [2.45, 2.75) is 19.3 Å². The molecule has 1 aliphatic rings. The van der Waals surface area contributed by atoms with Gasteiger partial charge >= 0.3 is 0 Å². The number of amides is 2.